The van der Waals surface area contributed by atoms with E-state index in [4.69, 9.17) is 11.8 Å². The fourth-order valence-corrected chi connectivity index (χ4v) is 6.51. The molecule has 0 saturated heterocycles. The summed E-state index contributed by atoms with van der Waals surface area (Å²) in [6.45, 7) is 0. The molecular weight excluding hydrogens is 536 g/mol. The third kappa shape index (κ3) is 3.54. The van der Waals surface area contributed by atoms with Crippen molar-refractivity contribution in [3.63, 3.8) is 0 Å². The van der Waals surface area contributed by atoms with Crippen molar-refractivity contribution in [1.82, 2.24) is 14.1 Å². The van der Waals surface area contributed by atoms with Gasteiger partial charge < -0.3 is 4.57 Å². The van der Waals surface area contributed by atoms with Crippen LogP contribution in [0.4, 0.5) is 0 Å². The molecule has 0 unspecified atom stereocenters. The quantitative estimate of drug-likeness (QED) is 0.214. The number of pyridine rings is 1. The number of hydrogen-bond acceptors (Lipinski definition) is 2. The number of rotatable bonds is 3. The van der Waals surface area contributed by atoms with Crippen LogP contribution in [0.15, 0.2) is 145 Å². The molecule has 44 heavy (non-hydrogen) atoms. The monoisotopic (exact) mass is 565 g/mol. The van der Waals surface area contributed by atoms with Crippen LogP contribution < -0.4 is 0 Å². The lowest BCUT2D eigenvalue weighted by Crippen LogP contribution is -1.99. The SMILES string of the molecule is [2H]c1c([2H])c([2H])c(-n2c3ccccc3c3ccc(-c4ccc5c(c4)c4ccccc4n5-c4cc(C#N)c5ccccc5n4)cc32)c([2H])c1[2H]. The Labute approximate surface area is 260 Å². The molecule has 0 aliphatic carbocycles. The molecule has 0 atom stereocenters. The molecule has 6 aromatic carbocycles. The van der Waals surface area contributed by atoms with Crippen molar-refractivity contribution in [3.05, 3.63) is 151 Å². The first-order valence-electron chi connectivity index (χ1n) is 16.8. The predicted molar refractivity (Wildman–Crippen MR) is 181 cm³/mol. The highest BCUT2D eigenvalue weighted by atomic mass is 15.1. The minimum Gasteiger partial charge on any atom is -0.309 e. The molecule has 0 saturated carbocycles. The molecule has 0 N–H and O–H groups in total. The maximum atomic E-state index is 9.99. The van der Waals surface area contributed by atoms with Gasteiger partial charge in [0.15, 0.2) is 0 Å². The van der Waals surface area contributed by atoms with E-state index >= 15 is 0 Å². The first-order valence-corrected chi connectivity index (χ1v) is 14.3. The molecule has 204 valence electrons. The van der Waals surface area contributed by atoms with E-state index in [2.05, 4.69) is 47.0 Å². The number of hydrogen-bond donors (Lipinski definition) is 0. The van der Waals surface area contributed by atoms with Crippen LogP contribution >= 0.6 is 0 Å². The van der Waals surface area contributed by atoms with Crippen molar-refractivity contribution in [3.8, 4) is 28.7 Å². The first-order chi connectivity index (χ1) is 23.9. The van der Waals surface area contributed by atoms with E-state index in [1.807, 2.05) is 78.9 Å². The van der Waals surface area contributed by atoms with Crippen LogP contribution in [0.3, 0.4) is 0 Å². The van der Waals surface area contributed by atoms with Gasteiger partial charge in [0.25, 0.3) is 0 Å². The van der Waals surface area contributed by atoms with Gasteiger partial charge >= 0.3 is 0 Å². The molecular formula is C40H24N4. The van der Waals surface area contributed by atoms with Crippen LogP contribution in [0.5, 0.6) is 0 Å². The summed E-state index contributed by atoms with van der Waals surface area (Å²) in [5.41, 5.74) is 6.72. The van der Waals surface area contributed by atoms with E-state index in [0.717, 1.165) is 65.6 Å². The van der Waals surface area contributed by atoms with Crippen molar-refractivity contribution in [2.24, 2.45) is 0 Å². The normalized spacial score (nSPS) is 13.2. The molecule has 3 aromatic heterocycles. The first kappa shape index (κ1) is 19.9. The highest BCUT2D eigenvalue weighted by Gasteiger charge is 2.17. The van der Waals surface area contributed by atoms with Crippen LogP contribution in [0.2, 0.25) is 0 Å². The summed E-state index contributed by atoms with van der Waals surface area (Å²) < 4.78 is 46.3. The number of fused-ring (bicyclic) bond motifs is 7. The summed E-state index contributed by atoms with van der Waals surface area (Å²) in [6, 6.07) is 38.5. The molecule has 9 rings (SSSR count). The van der Waals surface area contributed by atoms with Gasteiger partial charge in [0.2, 0.25) is 0 Å². The van der Waals surface area contributed by atoms with E-state index in [1.54, 1.807) is 4.57 Å². The van der Waals surface area contributed by atoms with Crippen LogP contribution in [0.25, 0.3) is 77.1 Å². The van der Waals surface area contributed by atoms with Gasteiger partial charge in [0, 0.05) is 32.6 Å². The van der Waals surface area contributed by atoms with Gasteiger partial charge in [-0.25, -0.2) is 4.98 Å². The van der Waals surface area contributed by atoms with Gasteiger partial charge in [0.1, 0.15) is 5.82 Å². The van der Waals surface area contributed by atoms with E-state index in [9.17, 15) is 5.26 Å². The molecule has 0 amide bonds. The van der Waals surface area contributed by atoms with Crippen LogP contribution in [-0.2, 0) is 0 Å². The van der Waals surface area contributed by atoms with Crippen molar-refractivity contribution in [1.29, 1.82) is 5.26 Å². The second kappa shape index (κ2) is 9.42. The summed E-state index contributed by atoms with van der Waals surface area (Å²) in [5.74, 6) is 0.666. The lowest BCUT2D eigenvalue weighted by atomic mass is 10.0. The smallest absolute Gasteiger partial charge is 0.139 e. The third-order valence-electron chi connectivity index (χ3n) is 8.44. The Hall–Kier alpha value is -6.18. The second-order valence-corrected chi connectivity index (χ2v) is 10.8. The molecule has 0 fully saturated rings. The van der Waals surface area contributed by atoms with Gasteiger partial charge in [-0.05, 0) is 65.7 Å². The molecule has 4 nitrogen and oxygen atoms in total. The van der Waals surface area contributed by atoms with Gasteiger partial charge in [-0.15, -0.1) is 0 Å². The summed E-state index contributed by atoms with van der Waals surface area (Å²) in [5, 5.41) is 14.7. The van der Waals surface area contributed by atoms with Gasteiger partial charge in [0.05, 0.1) is 46.1 Å². The number of para-hydroxylation sites is 4. The molecule has 0 aliphatic heterocycles. The summed E-state index contributed by atoms with van der Waals surface area (Å²) in [4.78, 5) is 4.97. The van der Waals surface area contributed by atoms with Crippen molar-refractivity contribution in [2.75, 3.05) is 0 Å². The summed E-state index contributed by atoms with van der Waals surface area (Å²) in [6.07, 6.45) is 0. The van der Waals surface area contributed by atoms with E-state index in [1.165, 1.54) is 0 Å². The van der Waals surface area contributed by atoms with Gasteiger partial charge in [-0.1, -0.05) is 90.9 Å². The summed E-state index contributed by atoms with van der Waals surface area (Å²) in [7, 11) is 0. The van der Waals surface area contributed by atoms with Crippen LogP contribution in [0, 0.1) is 11.3 Å². The zero-order valence-electron chi connectivity index (χ0n) is 28.3. The Bertz CT molecular complexity index is 2890. The zero-order valence-corrected chi connectivity index (χ0v) is 23.3. The lowest BCUT2D eigenvalue weighted by molar-refractivity contribution is 1.10. The van der Waals surface area contributed by atoms with Crippen molar-refractivity contribution < 1.29 is 6.85 Å². The average molecular weight is 566 g/mol. The Morgan fingerprint density at radius 3 is 1.95 bits per heavy atom. The average Bonchev–Trinajstić information content (AvgIpc) is 3.65. The third-order valence-corrected chi connectivity index (χ3v) is 8.44. The topological polar surface area (TPSA) is 46.5 Å². The summed E-state index contributed by atoms with van der Waals surface area (Å²) >= 11 is 0. The highest BCUT2D eigenvalue weighted by Crippen LogP contribution is 2.38. The second-order valence-electron chi connectivity index (χ2n) is 10.8. The fraction of sp³-hybridized carbons (Fsp3) is 0. The maximum absolute atomic E-state index is 9.99. The molecule has 0 aliphatic rings. The molecule has 0 spiro atoms. The lowest BCUT2D eigenvalue weighted by Gasteiger charge is -2.10. The predicted octanol–water partition coefficient (Wildman–Crippen LogP) is 9.97. The Kier molecular flexibility index (Phi) is 4.25. The standard InChI is InChI=1S/C40H24N4/c41-25-28-24-40(42-35-15-7-4-12-30(28)35)44-37-17-9-6-14-32(37)34-22-26(19-21-38(34)44)27-18-20-33-31-13-5-8-16-36(31)43(39(33)23-27)29-10-2-1-3-11-29/h1-24H/i1D,2D,3D,10D,11D. The zero-order chi connectivity index (χ0) is 33.6. The van der Waals surface area contributed by atoms with Crippen molar-refractivity contribution in [2.45, 2.75) is 0 Å². The van der Waals surface area contributed by atoms with Gasteiger partial charge in [-0.3, -0.25) is 4.57 Å². The Balaban J connectivity index is 1.29. The Morgan fingerprint density at radius 2 is 1.16 bits per heavy atom. The maximum Gasteiger partial charge on any atom is 0.139 e. The number of nitrogens with zero attached hydrogens (tertiary/aromatic N) is 4. The van der Waals surface area contributed by atoms with Crippen LogP contribution in [-0.4, -0.2) is 14.1 Å². The Morgan fingerprint density at radius 1 is 0.545 bits per heavy atom. The van der Waals surface area contributed by atoms with Crippen LogP contribution in [0.1, 0.15) is 12.4 Å². The number of nitriles is 1. The van der Waals surface area contributed by atoms with Gasteiger partial charge in [-0.2, -0.15) is 5.26 Å². The minimum atomic E-state index is -0.421. The van der Waals surface area contributed by atoms with E-state index in [-0.39, 0.29) is 29.9 Å². The molecule has 0 radical (unpaired) electrons. The van der Waals surface area contributed by atoms with E-state index in [0.29, 0.717) is 11.4 Å². The van der Waals surface area contributed by atoms with Crippen molar-refractivity contribution >= 4 is 54.5 Å². The molecule has 4 heteroatoms. The minimum absolute atomic E-state index is 0.118. The molecule has 9 aromatic rings. The number of benzene rings is 6. The molecule has 3 heterocycles. The van der Waals surface area contributed by atoms with E-state index < -0.39 is 6.04 Å². The fourth-order valence-electron chi connectivity index (χ4n) is 6.51. The number of aromatic nitrogens is 3. The highest BCUT2D eigenvalue weighted by molar-refractivity contribution is 6.12. The molecule has 0 bridgehead atoms. The largest absolute Gasteiger partial charge is 0.309 e.